The molecule has 41 heavy (non-hydrogen) atoms. The Balaban J connectivity index is 2.10. The molecule has 0 fully saturated rings. The Morgan fingerprint density at radius 3 is 2.17 bits per heavy atom. The van der Waals surface area contributed by atoms with Crippen molar-refractivity contribution in [3.8, 4) is 0 Å². The van der Waals surface area contributed by atoms with E-state index in [2.05, 4.69) is 5.32 Å². The second kappa shape index (κ2) is 14.7. The van der Waals surface area contributed by atoms with Gasteiger partial charge in [0.1, 0.15) is 12.6 Å². The number of carbonyl (C=O) groups is 2. The van der Waals surface area contributed by atoms with Crippen LogP contribution < -0.4 is 9.62 Å². The van der Waals surface area contributed by atoms with E-state index in [1.165, 1.54) is 4.90 Å². The van der Waals surface area contributed by atoms with E-state index in [9.17, 15) is 18.0 Å². The van der Waals surface area contributed by atoms with Crippen LogP contribution in [0.25, 0.3) is 0 Å². The molecule has 0 aliphatic carbocycles. The summed E-state index contributed by atoms with van der Waals surface area (Å²) in [5.41, 5.74) is 2.74. The van der Waals surface area contributed by atoms with Gasteiger partial charge in [-0.15, -0.1) is 0 Å². The van der Waals surface area contributed by atoms with E-state index in [4.69, 9.17) is 23.2 Å². The summed E-state index contributed by atoms with van der Waals surface area (Å²) in [6.07, 6.45) is 2.60. The van der Waals surface area contributed by atoms with Crippen LogP contribution in [0, 0.1) is 0 Å². The van der Waals surface area contributed by atoms with Gasteiger partial charge < -0.3 is 10.2 Å². The van der Waals surface area contributed by atoms with Crippen molar-refractivity contribution in [2.45, 2.75) is 58.7 Å². The number of carbonyl (C=O) groups excluding carboxylic acids is 2. The van der Waals surface area contributed by atoms with E-state index in [1.807, 2.05) is 63.2 Å². The van der Waals surface area contributed by atoms with E-state index in [-0.39, 0.29) is 24.9 Å². The molecule has 0 aliphatic heterocycles. The van der Waals surface area contributed by atoms with Crippen molar-refractivity contribution in [1.29, 1.82) is 0 Å². The summed E-state index contributed by atoms with van der Waals surface area (Å²) in [5.74, 6) is -0.843. The van der Waals surface area contributed by atoms with Crippen LogP contribution in [-0.2, 0) is 39.0 Å². The summed E-state index contributed by atoms with van der Waals surface area (Å²) in [4.78, 5) is 29.4. The van der Waals surface area contributed by atoms with Crippen LogP contribution in [0.3, 0.4) is 0 Å². The average molecular weight is 619 g/mol. The third-order valence-electron chi connectivity index (χ3n) is 6.93. The number of benzene rings is 3. The van der Waals surface area contributed by atoms with Gasteiger partial charge in [0.25, 0.3) is 0 Å². The molecule has 3 rings (SSSR count). The minimum absolute atomic E-state index is 0.0220. The summed E-state index contributed by atoms with van der Waals surface area (Å²) >= 11 is 12.4. The number of aryl methyl sites for hydroxylation is 1. The standard InChI is InChI=1S/C31H37Cl2N3O4S/c1-5-22(3)34-31(38)29(19-23-12-8-7-9-13-23)35(20-24-16-17-26(32)27(33)18-24)30(37)21-36(41(4,39)40)28-15-11-10-14-25(28)6-2/h7-18,22,29H,5-6,19-21H2,1-4H3,(H,34,38)/t22-,29+/m1/s1. The Hall–Kier alpha value is -3.07. The fourth-order valence-corrected chi connectivity index (χ4v) is 5.68. The fraction of sp³-hybridized carbons (Fsp3) is 0.355. The molecular formula is C31H37Cl2N3O4S. The molecule has 3 aromatic carbocycles. The van der Waals surface area contributed by atoms with Gasteiger partial charge >= 0.3 is 0 Å². The average Bonchev–Trinajstić information content (AvgIpc) is 2.95. The number of rotatable bonds is 13. The molecule has 3 aromatic rings. The van der Waals surface area contributed by atoms with Gasteiger partial charge in [-0.1, -0.05) is 91.6 Å². The predicted octanol–water partition coefficient (Wildman–Crippen LogP) is 5.88. The Morgan fingerprint density at radius 1 is 0.902 bits per heavy atom. The van der Waals surface area contributed by atoms with E-state index in [0.717, 1.165) is 21.7 Å². The number of hydrogen-bond acceptors (Lipinski definition) is 4. The molecule has 0 aliphatic rings. The minimum Gasteiger partial charge on any atom is -0.352 e. The molecule has 0 saturated heterocycles. The van der Waals surface area contributed by atoms with Crippen molar-refractivity contribution in [1.82, 2.24) is 10.2 Å². The van der Waals surface area contributed by atoms with Crippen molar-refractivity contribution in [2.75, 3.05) is 17.1 Å². The van der Waals surface area contributed by atoms with E-state index < -0.39 is 28.5 Å². The first-order valence-electron chi connectivity index (χ1n) is 13.6. The van der Waals surface area contributed by atoms with Crippen molar-refractivity contribution in [2.24, 2.45) is 0 Å². The van der Waals surface area contributed by atoms with Crippen LogP contribution in [0.15, 0.2) is 72.8 Å². The zero-order chi connectivity index (χ0) is 30.2. The molecule has 7 nitrogen and oxygen atoms in total. The number of nitrogens with zero attached hydrogens (tertiary/aromatic N) is 2. The van der Waals surface area contributed by atoms with Crippen molar-refractivity contribution >= 4 is 50.7 Å². The van der Waals surface area contributed by atoms with Gasteiger partial charge in [0.2, 0.25) is 21.8 Å². The summed E-state index contributed by atoms with van der Waals surface area (Å²) < 4.78 is 27.2. The molecule has 0 saturated carbocycles. The number of nitrogens with one attached hydrogen (secondary N) is 1. The molecule has 0 spiro atoms. The number of para-hydroxylation sites is 1. The maximum atomic E-state index is 14.2. The lowest BCUT2D eigenvalue weighted by Crippen LogP contribution is -2.54. The molecule has 10 heteroatoms. The van der Waals surface area contributed by atoms with Gasteiger partial charge in [-0.2, -0.15) is 0 Å². The highest BCUT2D eigenvalue weighted by atomic mass is 35.5. The SMILES string of the molecule is CCc1ccccc1N(CC(=O)N(Cc1ccc(Cl)c(Cl)c1)[C@@H](Cc1ccccc1)C(=O)N[C@H](C)CC)S(C)(=O)=O. The van der Waals surface area contributed by atoms with Crippen molar-refractivity contribution in [3.05, 3.63) is 99.5 Å². The molecule has 0 aromatic heterocycles. The molecule has 2 amide bonds. The van der Waals surface area contributed by atoms with Gasteiger partial charge in [-0.3, -0.25) is 13.9 Å². The maximum Gasteiger partial charge on any atom is 0.244 e. The van der Waals surface area contributed by atoms with E-state index >= 15 is 0 Å². The maximum absolute atomic E-state index is 14.2. The third kappa shape index (κ3) is 8.96. The number of halogens is 2. The molecule has 2 atom stereocenters. The summed E-state index contributed by atoms with van der Waals surface area (Å²) in [7, 11) is -3.85. The van der Waals surface area contributed by atoms with Crippen molar-refractivity contribution in [3.63, 3.8) is 0 Å². The van der Waals surface area contributed by atoms with Crippen LogP contribution in [0.5, 0.6) is 0 Å². The highest BCUT2D eigenvalue weighted by Crippen LogP contribution is 2.26. The highest BCUT2D eigenvalue weighted by Gasteiger charge is 2.33. The van der Waals surface area contributed by atoms with Gasteiger partial charge in [0, 0.05) is 19.0 Å². The molecule has 0 heterocycles. The normalized spacial score (nSPS) is 12.8. The van der Waals surface area contributed by atoms with E-state index in [0.29, 0.717) is 34.1 Å². The molecule has 1 N–H and O–H groups in total. The Labute approximate surface area is 253 Å². The van der Waals surface area contributed by atoms with Gasteiger partial charge in [-0.25, -0.2) is 8.42 Å². The quantitative estimate of drug-likeness (QED) is 0.260. The zero-order valence-electron chi connectivity index (χ0n) is 23.8. The largest absolute Gasteiger partial charge is 0.352 e. The first-order chi connectivity index (χ1) is 19.4. The first-order valence-corrected chi connectivity index (χ1v) is 16.2. The third-order valence-corrected chi connectivity index (χ3v) is 8.79. The summed E-state index contributed by atoms with van der Waals surface area (Å²) in [6.45, 7) is 5.33. The molecule has 0 unspecified atom stereocenters. The van der Waals surface area contributed by atoms with E-state index in [1.54, 1.807) is 30.3 Å². The molecule has 0 radical (unpaired) electrons. The number of amides is 2. The number of anilines is 1. The Morgan fingerprint density at radius 2 is 1.56 bits per heavy atom. The first kappa shape index (κ1) is 32.4. The van der Waals surface area contributed by atoms with Crippen LogP contribution in [-0.4, -0.2) is 50.0 Å². The second-order valence-electron chi connectivity index (χ2n) is 10.0. The van der Waals surface area contributed by atoms with Gasteiger partial charge in [0.15, 0.2) is 0 Å². The smallest absolute Gasteiger partial charge is 0.244 e. The molecule has 220 valence electrons. The molecular weight excluding hydrogens is 581 g/mol. The predicted molar refractivity (Wildman–Crippen MR) is 167 cm³/mol. The number of sulfonamides is 1. The topological polar surface area (TPSA) is 86.8 Å². The highest BCUT2D eigenvalue weighted by molar-refractivity contribution is 7.92. The monoisotopic (exact) mass is 617 g/mol. The van der Waals surface area contributed by atoms with Gasteiger partial charge in [-0.05, 0) is 54.7 Å². The Kier molecular flexibility index (Phi) is 11.6. The summed E-state index contributed by atoms with van der Waals surface area (Å²) in [6, 6.07) is 20.5. The lowest BCUT2D eigenvalue weighted by atomic mass is 10.0. The van der Waals surface area contributed by atoms with Gasteiger partial charge in [0.05, 0.1) is 22.0 Å². The van der Waals surface area contributed by atoms with Crippen LogP contribution in [0.4, 0.5) is 5.69 Å². The Bertz CT molecular complexity index is 1450. The van der Waals surface area contributed by atoms with Crippen LogP contribution in [0.2, 0.25) is 10.0 Å². The zero-order valence-corrected chi connectivity index (χ0v) is 26.1. The summed E-state index contributed by atoms with van der Waals surface area (Å²) in [5, 5.41) is 3.69. The second-order valence-corrected chi connectivity index (χ2v) is 12.8. The van der Waals surface area contributed by atoms with Crippen LogP contribution in [0.1, 0.15) is 43.9 Å². The van der Waals surface area contributed by atoms with Crippen LogP contribution >= 0.6 is 23.2 Å². The lowest BCUT2D eigenvalue weighted by Gasteiger charge is -2.34. The lowest BCUT2D eigenvalue weighted by molar-refractivity contribution is -0.140. The van der Waals surface area contributed by atoms with Crippen molar-refractivity contribution < 1.29 is 18.0 Å². The number of hydrogen-bond donors (Lipinski definition) is 1. The fourth-order valence-electron chi connectivity index (χ4n) is 4.48. The molecule has 0 bridgehead atoms. The minimum atomic E-state index is -3.85.